The van der Waals surface area contributed by atoms with Crippen LogP contribution in [0.15, 0.2) is 46.9 Å². The van der Waals surface area contributed by atoms with Crippen LogP contribution < -0.4 is 5.32 Å². The summed E-state index contributed by atoms with van der Waals surface area (Å²) in [5, 5.41) is 2.96. The highest BCUT2D eigenvalue weighted by Gasteiger charge is 2.53. The zero-order chi connectivity index (χ0) is 23.0. The van der Waals surface area contributed by atoms with Gasteiger partial charge in [-0.3, -0.25) is 9.36 Å². The van der Waals surface area contributed by atoms with E-state index in [2.05, 4.69) is 21.2 Å². The molecule has 1 atom stereocenters. The van der Waals surface area contributed by atoms with Gasteiger partial charge in [0.25, 0.3) is 5.91 Å². The highest BCUT2D eigenvalue weighted by Crippen LogP contribution is 2.62. The molecular weight excluding hydrogens is 522 g/mol. The molecule has 3 N–H and O–H groups in total. The number of hydrogen-bond acceptors (Lipinski definition) is 4. The van der Waals surface area contributed by atoms with Crippen LogP contribution >= 0.6 is 34.9 Å². The number of hydrogen-bond donors (Lipinski definition) is 3. The van der Waals surface area contributed by atoms with Gasteiger partial charge in [0.1, 0.15) is 10.7 Å². The average molecular weight is 538 g/mol. The van der Waals surface area contributed by atoms with Gasteiger partial charge in [0.05, 0.1) is 12.6 Å². The molecule has 0 aliphatic carbocycles. The molecular formula is C19H16BrF3NO5PS. The van der Waals surface area contributed by atoms with E-state index < -0.39 is 35.9 Å². The molecule has 3 aromatic rings. The summed E-state index contributed by atoms with van der Waals surface area (Å²) >= 11 is 3.50. The van der Waals surface area contributed by atoms with Crippen LogP contribution in [0.5, 0.6) is 0 Å². The van der Waals surface area contributed by atoms with Crippen LogP contribution in [-0.2, 0) is 15.0 Å². The first kappa shape index (κ1) is 23.9. The summed E-state index contributed by atoms with van der Waals surface area (Å²) in [7, 11) is -4.30. The van der Waals surface area contributed by atoms with Crippen molar-refractivity contribution in [3.8, 4) is 0 Å². The second-order valence-electron chi connectivity index (χ2n) is 6.57. The smallest absolute Gasteiger partial charge is 0.382 e. The highest BCUT2D eigenvalue weighted by molar-refractivity contribution is 9.10. The summed E-state index contributed by atoms with van der Waals surface area (Å²) in [5.41, 5.74) is -3.62. The molecule has 0 fully saturated rings. The van der Waals surface area contributed by atoms with Crippen molar-refractivity contribution in [2.75, 3.05) is 13.7 Å². The molecule has 1 amide bonds. The van der Waals surface area contributed by atoms with Crippen molar-refractivity contribution in [1.82, 2.24) is 5.32 Å². The van der Waals surface area contributed by atoms with Crippen LogP contribution in [-0.4, -0.2) is 29.4 Å². The lowest BCUT2D eigenvalue weighted by atomic mass is 10.1. The summed E-state index contributed by atoms with van der Waals surface area (Å²) in [6, 6.07) is 9.11. The standard InChI is InChI=1S/C19H16BrF3NO5PS/c1-29-9-14(10-2-5-12(21)6-3-10)24-18(25)11-4-7-15-13(8-11)16(20)17(31-15)19(22,23)30(26,27)28/h2-8,14H,9H2,1H3,(H,24,25)(H2,26,27,28). The Labute approximate surface area is 187 Å². The average Bonchev–Trinajstić information content (AvgIpc) is 3.04. The maximum Gasteiger partial charge on any atom is 0.400 e. The third kappa shape index (κ3) is 4.87. The molecule has 1 aromatic heterocycles. The third-order valence-corrected chi connectivity index (χ3v) is 7.87. The Bertz CT molecular complexity index is 1170. The molecule has 0 aliphatic heterocycles. The molecule has 0 aliphatic rings. The Morgan fingerprint density at radius 2 is 1.90 bits per heavy atom. The van der Waals surface area contributed by atoms with Crippen molar-refractivity contribution in [1.29, 1.82) is 0 Å². The number of thiophene rings is 1. The Kier molecular flexibility index (Phi) is 6.95. The lowest BCUT2D eigenvalue weighted by molar-refractivity contribution is 0.0595. The number of fused-ring (bicyclic) bond motifs is 1. The normalized spacial score (nSPS) is 13.4. The van der Waals surface area contributed by atoms with Gasteiger partial charge in [0.2, 0.25) is 0 Å². The molecule has 31 heavy (non-hydrogen) atoms. The maximum atomic E-state index is 14.2. The van der Waals surface area contributed by atoms with Crippen molar-refractivity contribution >= 4 is 50.9 Å². The van der Waals surface area contributed by atoms with Gasteiger partial charge in [-0.1, -0.05) is 12.1 Å². The van der Waals surface area contributed by atoms with Crippen molar-refractivity contribution in [2.45, 2.75) is 11.7 Å². The van der Waals surface area contributed by atoms with E-state index in [1.165, 1.54) is 49.6 Å². The van der Waals surface area contributed by atoms with Crippen LogP contribution in [0.2, 0.25) is 0 Å². The topological polar surface area (TPSA) is 95.9 Å². The van der Waals surface area contributed by atoms with E-state index in [1.54, 1.807) is 0 Å². The van der Waals surface area contributed by atoms with Gasteiger partial charge in [-0.2, -0.15) is 8.78 Å². The van der Waals surface area contributed by atoms with Crippen molar-refractivity contribution < 1.29 is 37.1 Å². The molecule has 1 heterocycles. The lowest BCUT2D eigenvalue weighted by Gasteiger charge is -2.18. The van der Waals surface area contributed by atoms with Gasteiger partial charge >= 0.3 is 13.3 Å². The first-order chi connectivity index (χ1) is 14.5. The number of amides is 1. The van der Waals surface area contributed by atoms with Gasteiger partial charge in [0.15, 0.2) is 0 Å². The van der Waals surface area contributed by atoms with E-state index in [-0.39, 0.29) is 22.0 Å². The van der Waals surface area contributed by atoms with Crippen molar-refractivity contribution in [3.63, 3.8) is 0 Å². The van der Waals surface area contributed by atoms with Gasteiger partial charge in [-0.15, -0.1) is 11.3 Å². The molecule has 1 unspecified atom stereocenters. The zero-order valence-corrected chi connectivity index (χ0v) is 19.1. The van der Waals surface area contributed by atoms with Crippen molar-refractivity contribution in [2.24, 2.45) is 0 Å². The van der Waals surface area contributed by atoms with Crippen LogP contribution in [0.4, 0.5) is 13.2 Å². The predicted molar refractivity (Wildman–Crippen MR) is 114 cm³/mol. The van der Waals surface area contributed by atoms with Gasteiger partial charge < -0.3 is 19.8 Å². The summed E-state index contributed by atoms with van der Waals surface area (Å²) in [5.74, 6) is -0.961. The molecule has 166 valence electrons. The van der Waals surface area contributed by atoms with Gasteiger partial charge in [0, 0.05) is 27.2 Å². The number of alkyl halides is 2. The fraction of sp³-hybridized carbons (Fsp3) is 0.211. The van der Waals surface area contributed by atoms with E-state index in [0.717, 1.165) is 0 Å². The van der Waals surface area contributed by atoms with Crippen LogP contribution in [0, 0.1) is 5.82 Å². The first-order valence-corrected chi connectivity index (χ1v) is 11.9. The fourth-order valence-electron chi connectivity index (χ4n) is 2.86. The van der Waals surface area contributed by atoms with E-state index in [4.69, 9.17) is 14.5 Å². The van der Waals surface area contributed by atoms with Gasteiger partial charge in [-0.05, 0) is 51.8 Å². The number of carbonyl (C=O) groups excluding carboxylic acids is 1. The van der Waals surface area contributed by atoms with Crippen LogP contribution in [0.25, 0.3) is 10.1 Å². The second-order valence-corrected chi connectivity index (χ2v) is 10.1. The Hall–Kier alpha value is -1.75. The summed E-state index contributed by atoms with van der Waals surface area (Å²) in [6.07, 6.45) is 0. The van der Waals surface area contributed by atoms with E-state index in [0.29, 0.717) is 21.6 Å². The molecule has 12 heteroatoms. The SMILES string of the molecule is COCC(NC(=O)c1ccc2sc(C(F)(F)P(=O)(O)O)c(Br)c2c1)c1ccc(F)cc1. The third-order valence-electron chi connectivity index (χ3n) is 4.44. The second kappa shape index (κ2) is 9.01. The lowest BCUT2D eigenvalue weighted by Crippen LogP contribution is -2.31. The van der Waals surface area contributed by atoms with E-state index >= 15 is 0 Å². The zero-order valence-electron chi connectivity index (χ0n) is 15.8. The minimum atomic E-state index is -5.74. The summed E-state index contributed by atoms with van der Waals surface area (Å²) < 4.78 is 58.0. The number of nitrogens with one attached hydrogen (secondary N) is 1. The number of rotatable bonds is 7. The molecule has 0 radical (unpaired) electrons. The number of carbonyl (C=O) groups is 1. The molecule has 6 nitrogen and oxygen atoms in total. The molecule has 3 rings (SSSR count). The monoisotopic (exact) mass is 537 g/mol. The van der Waals surface area contributed by atoms with Gasteiger partial charge in [-0.25, -0.2) is 4.39 Å². The highest BCUT2D eigenvalue weighted by atomic mass is 79.9. The number of ether oxygens (including phenoxy) is 1. The van der Waals surface area contributed by atoms with E-state index in [9.17, 15) is 22.5 Å². The van der Waals surface area contributed by atoms with E-state index in [1.807, 2.05) is 0 Å². The predicted octanol–water partition coefficient (Wildman–Crippen LogP) is 5.15. The Morgan fingerprint density at radius 3 is 2.48 bits per heavy atom. The minimum absolute atomic E-state index is 0.112. The number of halogens is 4. The Morgan fingerprint density at radius 1 is 1.26 bits per heavy atom. The fourth-order valence-corrected chi connectivity index (χ4v) is 5.78. The largest absolute Gasteiger partial charge is 0.400 e. The molecule has 2 aromatic carbocycles. The van der Waals surface area contributed by atoms with Crippen LogP contribution in [0.3, 0.4) is 0 Å². The first-order valence-electron chi connectivity index (χ1n) is 8.67. The van der Waals surface area contributed by atoms with Crippen LogP contribution in [0.1, 0.15) is 26.8 Å². The number of benzene rings is 2. The van der Waals surface area contributed by atoms with Crippen molar-refractivity contribution in [3.05, 3.63) is 68.8 Å². The summed E-state index contributed by atoms with van der Waals surface area (Å²) in [6.45, 7) is 0.112. The number of methoxy groups -OCH3 is 1. The molecule has 0 bridgehead atoms. The summed E-state index contributed by atoms with van der Waals surface area (Å²) in [4.78, 5) is 30.0. The Balaban J connectivity index is 1.93. The molecule has 0 saturated carbocycles. The minimum Gasteiger partial charge on any atom is -0.382 e. The quantitative estimate of drug-likeness (QED) is 0.362. The molecule has 0 saturated heterocycles. The molecule has 0 spiro atoms. The maximum absolute atomic E-state index is 14.2.